The first kappa shape index (κ1) is 9.86. The van der Waals surface area contributed by atoms with Crippen LogP contribution in [0.2, 0.25) is 5.02 Å². The minimum absolute atomic E-state index is 0.163. The highest BCUT2D eigenvalue weighted by molar-refractivity contribution is 6.30. The first-order valence-electron chi connectivity index (χ1n) is 4.39. The van der Waals surface area contributed by atoms with E-state index in [2.05, 4.69) is 15.2 Å². The van der Waals surface area contributed by atoms with Crippen molar-refractivity contribution in [1.29, 1.82) is 0 Å². The second-order valence-electron chi connectivity index (χ2n) is 3.11. The Morgan fingerprint density at radius 3 is 2.80 bits per heavy atom. The lowest BCUT2D eigenvalue weighted by Crippen LogP contribution is -2.01. The Kier molecular flexibility index (Phi) is 2.51. The Labute approximate surface area is 92.1 Å². The van der Waals surface area contributed by atoms with Crippen LogP contribution in [0.5, 0.6) is 0 Å². The van der Waals surface area contributed by atoms with Crippen molar-refractivity contribution in [2.75, 3.05) is 5.73 Å². The van der Waals surface area contributed by atoms with E-state index in [1.54, 1.807) is 6.07 Å². The molecule has 76 valence electrons. The fraction of sp³-hybridized carbons (Fsp3) is 0.100. The van der Waals surface area contributed by atoms with E-state index in [-0.39, 0.29) is 5.95 Å². The maximum atomic E-state index is 5.89. The van der Waals surface area contributed by atoms with Gasteiger partial charge in [-0.25, -0.2) is 4.98 Å². The lowest BCUT2D eigenvalue weighted by atomic mass is 10.1. The fourth-order valence-corrected chi connectivity index (χ4v) is 1.49. The van der Waals surface area contributed by atoms with Crippen LogP contribution in [0.4, 0.5) is 5.95 Å². The van der Waals surface area contributed by atoms with Crippen LogP contribution in [-0.2, 0) is 0 Å². The van der Waals surface area contributed by atoms with E-state index < -0.39 is 0 Å². The van der Waals surface area contributed by atoms with Gasteiger partial charge in [0.2, 0.25) is 5.95 Å². The Hall–Kier alpha value is -1.68. The van der Waals surface area contributed by atoms with Crippen LogP contribution >= 0.6 is 11.6 Å². The van der Waals surface area contributed by atoms with Gasteiger partial charge in [-0.3, -0.25) is 0 Å². The minimum atomic E-state index is 0.163. The van der Waals surface area contributed by atoms with Crippen molar-refractivity contribution < 1.29 is 0 Å². The predicted octanol–water partition coefficient (Wildman–Crippen LogP) is 2.08. The molecule has 2 N–H and O–H groups in total. The van der Waals surface area contributed by atoms with E-state index >= 15 is 0 Å². The highest BCUT2D eigenvalue weighted by Crippen LogP contribution is 2.22. The summed E-state index contributed by atoms with van der Waals surface area (Å²) in [6.07, 6.45) is 0. The van der Waals surface area contributed by atoms with Gasteiger partial charge in [-0.05, 0) is 19.1 Å². The summed E-state index contributed by atoms with van der Waals surface area (Å²) in [6.45, 7) is 1.83. The number of aromatic nitrogens is 3. The maximum Gasteiger partial charge on any atom is 0.240 e. The number of rotatable bonds is 1. The van der Waals surface area contributed by atoms with Crippen LogP contribution in [0.3, 0.4) is 0 Å². The first-order valence-corrected chi connectivity index (χ1v) is 4.77. The lowest BCUT2D eigenvalue weighted by molar-refractivity contribution is 0.945. The quantitative estimate of drug-likeness (QED) is 0.799. The van der Waals surface area contributed by atoms with Gasteiger partial charge in [-0.2, -0.15) is 0 Å². The molecule has 2 rings (SSSR count). The fourth-order valence-electron chi connectivity index (χ4n) is 1.30. The van der Waals surface area contributed by atoms with E-state index in [4.69, 9.17) is 17.3 Å². The number of benzene rings is 1. The van der Waals surface area contributed by atoms with Gasteiger partial charge in [0.1, 0.15) is 0 Å². The number of nitrogens with two attached hydrogens (primary N) is 1. The second-order valence-corrected chi connectivity index (χ2v) is 3.55. The summed E-state index contributed by atoms with van der Waals surface area (Å²) in [5, 5.41) is 8.23. The summed E-state index contributed by atoms with van der Waals surface area (Å²) in [5.74, 6) is 0.163. The average molecular weight is 221 g/mol. The number of anilines is 1. The summed E-state index contributed by atoms with van der Waals surface area (Å²) in [7, 11) is 0. The van der Waals surface area contributed by atoms with Crippen molar-refractivity contribution in [1.82, 2.24) is 15.2 Å². The Morgan fingerprint density at radius 1 is 1.27 bits per heavy atom. The summed E-state index contributed by atoms with van der Waals surface area (Å²) in [4.78, 5) is 4.13. The summed E-state index contributed by atoms with van der Waals surface area (Å²) in [6, 6.07) is 7.38. The van der Waals surface area contributed by atoms with Gasteiger partial charge in [-0.15, -0.1) is 10.2 Å². The Morgan fingerprint density at radius 2 is 2.07 bits per heavy atom. The lowest BCUT2D eigenvalue weighted by Gasteiger charge is -2.04. The molecule has 0 aliphatic rings. The predicted molar refractivity (Wildman–Crippen MR) is 59.4 cm³/mol. The third kappa shape index (κ3) is 2.05. The SMILES string of the molecule is Cc1nnc(N)nc1-c1cccc(Cl)c1. The molecule has 0 fully saturated rings. The monoisotopic (exact) mass is 220 g/mol. The van der Waals surface area contributed by atoms with Crippen molar-refractivity contribution >= 4 is 17.5 Å². The van der Waals surface area contributed by atoms with E-state index in [1.165, 1.54) is 0 Å². The molecule has 0 bridgehead atoms. The molecule has 0 amide bonds. The van der Waals surface area contributed by atoms with Gasteiger partial charge in [0, 0.05) is 10.6 Å². The van der Waals surface area contributed by atoms with Crippen LogP contribution in [0, 0.1) is 6.92 Å². The molecule has 1 aromatic heterocycles. The zero-order valence-electron chi connectivity index (χ0n) is 8.11. The van der Waals surface area contributed by atoms with Gasteiger partial charge >= 0.3 is 0 Å². The molecule has 1 aromatic carbocycles. The summed E-state index contributed by atoms with van der Waals surface area (Å²) >= 11 is 5.89. The third-order valence-electron chi connectivity index (χ3n) is 1.97. The summed E-state index contributed by atoms with van der Waals surface area (Å²) < 4.78 is 0. The molecule has 0 aliphatic heterocycles. The highest BCUT2D eigenvalue weighted by Gasteiger charge is 2.06. The molecule has 0 atom stereocenters. The molecular formula is C10H9ClN4. The molecule has 15 heavy (non-hydrogen) atoms. The van der Waals surface area contributed by atoms with Gasteiger partial charge in [0.15, 0.2) is 0 Å². The van der Waals surface area contributed by atoms with E-state index in [0.29, 0.717) is 10.7 Å². The van der Waals surface area contributed by atoms with E-state index in [1.807, 2.05) is 25.1 Å². The van der Waals surface area contributed by atoms with Crippen LogP contribution in [0.25, 0.3) is 11.3 Å². The molecule has 0 saturated carbocycles. The van der Waals surface area contributed by atoms with Gasteiger partial charge in [0.25, 0.3) is 0 Å². The number of hydrogen-bond acceptors (Lipinski definition) is 4. The maximum absolute atomic E-state index is 5.89. The highest BCUT2D eigenvalue weighted by atomic mass is 35.5. The Bertz CT molecular complexity index is 499. The van der Waals surface area contributed by atoms with Crippen molar-refractivity contribution in [3.8, 4) is 11.3 Å². The Balaban J connectivity index is 2.58. The standard InChI is InChI=1S/C10H9ClN4/c1-6-9(13-10(12)15-14-6)7-3-2-4-8(11)5-7/h2-5H,1H3,(H2,12,13,15). The topological polar surface area (TPSA) is 64.7 Å². The normalized spacial score (nSPS) is 10.3. The largest absolute Gasteiger partial charge is 0.366 e. The van der Waals surface area contributed by atoms with Gasteiger partial charge < -0.3 is 5.73 Å². The smallest absolute Gasteiger partial charge is 0.240 e. The van der Waals surface area contributed by atoms with Crippen molar-refractivity contribution in [3.63, 3.8) is 0 Å². The van der Waals surface area contributed by atoms with Crippen molar-refractivity contribution in [2.45, 2.75) is 6.92 Å². The van der Waals surface area contributed by atoms with Crippen LogP contribution < -0.4 is 5.73 Å². The molecule has 0 aliphatic carbocycles. The molecule has 0 spiro atoms. The van der Waals surface area contributed by atoms with Crippen molar-refractivity contribution in [2.24, 2.45) is 0 Å². The second kappa shape index (κ2) is 3.82. The average Bonchev–Trinajstić information content (AvgIpc) is 2.22. The molecule has 5 heteroatoms. The molecule has 0 unspecified atom stereocenters. The molecular weight excluding hydrogens is 212 g/mol. The van der Waals surface area contributed by atoms with Crippen LogP contribution in [-0.4, -0.2) is 15.2 Å². The number of aryl methyl sites for hydroxylation is 1. The zero-order valence-corrected chi connectivity index (χ0v) is 8.86. The zero-order chi connectivity index (χ0) is 10.8. The molecule has 0 radical (unpaired) electrons. The first-order chi connectivity index (χ1) is 7.16. The van der Waals surface area contributed by atoms with Gasteiger partial charge in [-0.1, -0.05) is 23.7 Å². The third-order valence-corrected chi connectivity index (χ3v) is 2.20. The van der Waals surface area contributed by atoms with Crippen LogP contribution in [0.15, 0.2) is 24.3 Å². The number of nitrogen functional groups attached to an aromatic ring is 1. The number of halogens is 1. The summed E-state index contributed by atoms with van der Waals surface area (Å²) in [5.41, 5.74) is 7.82. The number of hydrogen-bond donors (Lipinski definition) is 1. The molecule has 1 heterocycles. The number of nitrogens with zero attached hydrogens (tertiary/aromatic N) is 3. The molecule has 4 nitrogen and oxygen atoms in total. The van der Waals surface area contributed by atoms with E-state index in [9.17, 15) is 0 Å². The molecule has 0 saturated heterocycles. The minimum Gasteiger partial charge on any atom is -0.366 e. The van der Waals surface area contributed by atoms with Crippen LogP contribution in [0.1, 0.15) is 5.69 Å². The van der Waals surface area contributed by atoms with Gasteiger partial charge in [0.05, 0.1) is 11.4 Å². The molecule has 2 aromatic rings. The van der Waals surface area contributed by atoms with Crippen molar-refractivity contribution in [3.05, 3.63) is 35.0 Å². The van der Waals surface area contributed by atoms with E-state index in [0.717, 1.165) is 11.3 Å².